The molecule has 0 aliphatic carbocycles. The molecule has 2 aliphatic rings. The quantitative estimate of drug-likeness (QED) is 0.135. The number of aromatic nitrogens is 16. The van der Waals surface area contributed by atoms with Crippen LogP contribution >= 0.6 is 92.4 Å². The van der Waals surface area contributed by atoms with E-state index in [1.807, 2.05) is 45.8 Å². The third kappa shape index (κ3) is 10.5. The number of nitrogens with one attached hydrogen (secondary N) is 2. The van der Waals surface area contributed by atoms with Crippen LogP contribution in [0.2, 0.25) is 0 Å². The van der Waals surface area contributed by atoms with Crippen LogP contribution in [0.1, 0.15) is 83.1 Å². The third-order valence-corrected chi connectivity index (χ3v) is 19.5. The highest BCUT2D eigenvalue weighted by Gasteiger charge is 2.33. The standard InChI is InChI=1S/C56H50N16S8/c1-53(2,3)77-49-29(25-17-13-21-73-25)57-33-37(61-49)45-65-41(33)70-46-39-35(59-31(27-19-15-23-75-27)51(63-39)79-55(7,8)9)43(67-46)72-48-40-36(60-32(28-20-16-24-76-28)52(64-40)80-56(10,11)12)44(68-48)71-47-38-34(42(66-47)69-45)58-30(26-18-14-22-74-26)50(62-38)78-54(4,5)6/h13-24H,1-12H3,(H2,65,66,67,68,69,70,71,72). The molecule has 13 heterocycles. The molecule has 2 aliphatic heterocycles. The lowest BCUT2D eigenvalue weighted by Gasteiger charge is -2.19. The number of H-pyrrole nitrogens is 2. The zero-order chi connectivity index (χ0) is 55.6. The molecule has 0 unspecified atom stereocenters. The lowest BCUT2D eigenvalue weighted by Crippen LogP contribution is -2.09. The molecule has 80 heavy (non-hydrogen) atoms. The minimum atomic E-state index is -0.221. The number of fused-ring (bicyclic) bond motifs is 20. The van der Waals surface area contributed by atoms with Crippen molar-refractivity contribution in [1.82, 2.24) is 79.7 Å². The number of hydrogen-bond donors (Lipinski definition) is 2. The van der Waals surface area contributed by atoms with E-state index in [2.05, 4.69) is 117 Å². The van der Waals surface area contributed by atoms with E-state index < -0.39 is 0 Å². The zero-order valence-electron chi connectivity index (χ0n) is 45.5. The van der Waals surface area contributed by atoms with Crippen LogP contribution in [0.25, 0.3) is 133 Å². The predicted octanol–water partition coefficient (Wildman–Crippen LogP) is 16.5. The number of thioether (sulfide) groups is 4. The van der Waals surface area contributed by atoms with Gasteiger partial charge in [0.2, 0.25) is 0 Å². The first-order valence-electron chi connectivity index (χ1n) is 25.5. The van der Waals surface area contributed by atoms with Gasteiger partial charge in [0.15, 0.2) is 45.9 Å². The lowest BCUT2D eigenvalue weighted by molar-refractivity contribution is 0.798. The van der Waals surface area contributed by atoms with E-state index in [0.29, 0.717) is 67.4 Å². The topological polar surface area (TPSA) is 212 Å². The lowest BCUT2D eigenvalue weighted by atomic mass is 10.2. The van der Waals surface area contributed by atoms with Gasteiger partial charge in [-0.25, -0.2) is 69.8 Å². The molecule has 11 aromatic heterocycles. The first-order valence-corrected chi connectivity index (χ1v) is 32.3. The van der Waals surface area contributed by atoms with Crippen LogP contribution in [0.3, 0.4) is 0 Å². The Kier molecular flexibility index (Phi) is 13.2. The van der Waals surface area contributed by atoms with E-state index in [9.17, 15) is 0 Å². The van der Waals surface area contributed by atoms with Crippen LogP contribution in [0.5, 0.6) is 0 Å². The Hall–Kier alpha value is -6.12. The molecule has 2 N–H and O–H groups in total. The van der Waals surface area contributed by atoms with Crippen LogP contribution in [0.4, 0.5) is 0 Å². The Morgan fingerprint density at radius 1 is 0.287 bits per heavy atom. The van der Waals surface area contributed by atoms with Gasteiger partial charge < -0.3 is 9.97 Å². The van der Waals surface area contributed by atoms with Crippen LogP contribution in [-0.2, 0) is 0 Å². The summed E-state index contributed by atoms with van der Waals surface area (Å²) in [4.78, 5) is 86.6. The summed E-state index contributed by atoms with van der Waals surface area (Å²) >= 11 is 12.9. The van der Waals surface area contributed by atoms with Crippen molar-refractivity contribution in [3.63, 3.8) is 0 Å². The summed E-state index contributed by atoms with van der Waals surface area (Å²) in [5.41, 5.74) is 8.11. The molecule has 0 amide bonds. The van der Waals surface area contributed by atoms with E-state index in [1.54, 1.807) is 92.4 Å². The molecule has 0 spiro atoms. The summed E-state index contributed by atoms with van der Waals surface area (Å²) in [7, 11) is 0. The molecule has 402 valence electrons. The summed E-state index contributed by atoms with van der Waals surface area (Å²) in [5, 5.41) is 11.2. The Labute approximate surface area is 493 Å². The summed E-state index contributed by atoms with van der Waals surface area (Å²) < 4.78 is -0.881. The largest absolute Gasteiger partial charge is 0.321 e. The second-order valence-electron chi connectivity index (χ2n) is 22.7. The fourth-order valence-electron chi connectivity index (χ4n) is 8.64. The third-order valence-electron chi connectivity index (χ3n) is 11.6. The van der Waals surface area contributed by atoms with Gasteiger partial charge in [-0.3, -0.25) is 0 Å². The van der Waals surface area contributed by atoms with Crippen molar-refractivity contribution >= 4 is 137 Å². The SMILES string of the molecule is CC(C)(C)Sc1nc2c(nc1-c1cccs1)-c1nc-2nc2[nH]c(nc3nc(nc4[nH]c(n1)c1nc(SC(C)(C)C)c(-c5cccs5)nc41)-c1nc(SC(C)(C)C)c(-c4cccs4)nc1-3)c1nc(SC(C)(C)C)c(-c3cccs3)nc21. The highest BCUT2D eigenvalue weighted by Crippen LogP contribution is 2.47. The molecular weight excluding hydrogens is 1150 g/mol. The normalized spacial score (nSPS) is 12.9. The van der Waals surface area contributed by atoms with E-state index in [-0.39, 0.29) is 42.3 Å². The van der Waals surface area contributed by atoms with Crippen molar-refractivity contribution in [2.75, 3.05) is 0 Å². The molecule has 0 saturated heterocycles. The van der Waals surface area contributed by atoms with Crippen molar-refractivity contribution in [3.8, 4) is 88.4 Å². The maximum Gasteiger partial charge on any atom is 0.184 e. The molecule has 0 saturated carbocycles. The van der Waals surface area contributed by atoms with Gasteiger partial charge in [0.05, 0.1) is 19.5 Å². The fourth-order valence-corrected chi connectivity index (χ4v) is 15.6. The number of nitrogens with zero attached hydrogens (tertiary/aromatic N) is 14. The summed E-state index contributed by atoms with van der Waals surface area (Å²) in [5.74, 6) is 1.11. The summed E-state index contributed by atoms with van der Waals surface area (Å²) in [6.45, 7) is 26.0. The van der Waals surface area contributed by atoms with E-state index in [1.165, 1.54) is 0 Å². The molecule has 0 aromatic carbocycles. The summed E-state index contributed by atoms with van der Waals surface area (Å²) in [6, 6.07) is 16.3. The number of rotatable bonds is 8. The van der Waals surface area contributed by atoms with Gasteiger partial charge in [-0.15, -0.1) is 45.3 Å². The molecule has 0 fully saturated rings. The van der Waals surface area contributed by atoms with Gasteiger partial charge in [-0.2, -0.15) is 0 Å². The monoisotopic (exact) mass is 1200 g/mol. The zero-order valence-corrected chi connectivity index (χ0v) is 52.0. The predicted molar refractivity (Wildman–Crippen MR) is 334 cm³/mol. The molecule has 24 heteroatoms. The van der Waals surface area contributed by atoms with Gasteiger partial charge in [-0.1, -0.05) is 154 Å². The molecule has 13 rings (SSSR count). The van der Waals surface area contributed by atoms with Gasteiger partial charge in [0.1, 0.15) is 87.7 Å². The van der Waals surface area contributed by atoms with E-state index in [4.69, 9.17) is 69.8 Å². The highest BCUT2D eigenvalue weighted by molar-refractivity contribution is 8.01. The van der Waals surface area contributed by atoms with Crippen molar-refractivity contribution in [2.24, 2.45) is 0 Å². The fraction of sp³-hybridized carbons (Fsp3) is 0.286. The number of hydrogen-bond acceptors (Lipinski definition) is 22. The Bertz CT molecular complexity index is 4130. The van der Waals surface area contributed by atoms with Gasteiger partial charge in [0.25, 0.3) is 0 Å². The van der Waals surface area contributed by atoms with Crippen molar-refractivity contribution < 1.29 is 0 Å². The van der Waals surface area contributed by atoms with Crippen LogP contribution in [0.15, 0.2) is 90.2 Å². The van der Waals surface area contributed by atoms with Gasteiger partial charge >= 0.3 is 0 Å². The Morgan fingerprint density at radius 3 is 0.800 bits per heavy atom. The average Bonchev–Trinajstić information content (AvgIpc) is 4.33. The maximum atomic E-state index is 5.45. The van der Waals surface area contributed by atoms with Crippen molar-refractivity contribution in [3.05, 3.63) is 70.1 Å². The minimum absolute atomic E-state index is 0.219. The molecule has 0 atom stereocenters. The average molecular weight is 1200 g/mol. The number of thiophene rings is 4. The second-order valence-corrected chi connectivity index (χ2v) is 33.7. The van der Waals surface area contributed by atoms with Crippen LogP contribution < -0.4 is 0 Å². The Balaban J connectivity index is 1.21. The molecule has 16 nitrogen and oxygen atoms in total. The first-order chi connectivity index (χ1) is 38.0. The molecule has 8 bridgehead atoms. The second kappa shape index (κ2) is 19.8. The van der Waals surface area contributed by atoms with Crippen LogP contribution in [0, 0.1) is 0 Å². The van der Waals surface area contributed by atoms with Crippen molar-refractivity contribution in [2.45, 2.75) is 122 Å². The van der Waals surface area contributed by atoms with Crippen molar-refractivity contribution in [1.29, 1.82) is 0 Å². The van der Waals surface area contributed by atoms with Crippen LogP contribution in [-0.4, -0.2) is 98.7 Å². The summed E-state index contributed by atoms with van der Waals surface area (Å²) in [6.07, 6.45) is 0. The van der Waals surface area contributed by atoms with E-state index in [0.717, 1.165) is 62.4 Å². The first kappa shape index (κ1) is 53.2. The van der Waals surface area contributed by atoms with E-state index >= 15 is 0 Å². The minimum Gasteiger partial charge on any atom is -0.321 e. The molecular formula is C56H50N16S8. The van der Waals surface area contributed by atoms with Gasteiger partial charge in [0, 0.05) is 19.0 Å². The number of aromatic amines is 2. The smallest absolute Gasteiger partial charge is 0.184 e. The maximum absolute atomic E-state index is 5.45. The Morgan fingerprint density at radius 2 is 0.537 bits per heavy atom. The molecule has 11 aromatic rings. The highest BCUT2D eigenvalue weighted by atomic mass is 32.2. The molecule has 0 radical (unpaired) electrons. The van der Waals surface area contributed by atoms with Gasteiger partial charge in [-0.05, 0) is 45.8 Å².